The van der Waals surface area contributed by atoms with Crippen LogP contribution in [0.4, 0.5) is 45.5 Å². The zero-order valence-electron chi connectivity index (χ0n) is 28.6. The molecular formula is C38H28N8O8S2. The number of nitrogens with two attached hydrogens (primary N) is 2. The summed E-state index contributed by atoms with van der Waals surface area (Å²) >= 11 is 0. The van der Waals surface area contributed by atoms with E-state index in [1.165, 1.54) is 30.3 Å². The van der Waals surface area contributed by atoms with Crippen LogP contribution in [-0.2, 0) is 20.2 Å². The Morgan fingerprint density at radius 3 is 1.54 bits per heavy atom. The molecule has 0 aliphatic carbocycles. The Balaban J connectivity index is 1.17. The third-order valence-corrected chi connectivity index (χ3v) is 10.3. The fraction of sp³-hybridized carbons (Fsp3) is 0. The van der Waals surface area contributed by atoms with Crippen molar-refractivity contribution in [1.82, 2.24) is 0 Å². The Kier molecular flexibility index (Phi) is 9.70. The van der Waals surface area contributed by atoms with E-state index in [2.05, 4.69) is 30.7 Å². The molecule has 0 amide bonds. The molecule has 0 saturated carbocycles. The van der Waals surface area contributed by atoms with Crippen molar-refractivity contribution in [3.63, 3.8) is 0 Å². The van der Waals surface area contributed by atoms with Gasteiger partial charge < -0.3 is 21.7 Å². The van der Waals surface area contributed by atoms with Crippen LogP contribution in [0.1, 0.15) is 0 Å². The molecule has 0 fully saturated rings. The number of anilines is 2. The van der Waals surface area contributed by atoms with E-state index in [0.29, 0.717) is 28.4 Å². The van der Waals surface area contributed by atoms with Gasteiger partial charge in [0.25, 0.3) is 20.2 Å². The monoisotopic (exact) mass is 788 g/mol. The van der Waals surface area contributed by atoms with Gasteiger partial charge in [0.15, 0.2) is 11.5 Å². The lowest BCUT2D eigenvalue weighted by atomic mass is 10.1. The molecule has 0 aromatic heterocycles. The summed E-state index contributed by atoms with van der Waals surface area (Å²) in [6.45, 7) is 0. The van der Waals surface area contributed by atoms with E-state index >= 15 is 0 Å². The van der Waals surface area contributed by atoms with Gasteiger partial charge in [-0.15, -0.1) is 20.5 Å². The minimum atomic E-state index is -4.93. The maximum absolute atomic E-state index is 12.4. The van der Waals surface area contributed by atoms with Crippen LogP contribution in [0.5, 0.6) is 11.5 Å². The van der Waals surface area contributed by atoms with Crippen molar-refractivity contribution in [1.29, 1.82) is 0 Å². The fourth-order valence-corrected chi connectivity index (χ4v) is 7.20. The first-order valence-electron chi connectivity index (χ1n) is 16.3. The number of hydrogen-bond donors (Lipinski definition) is 6. The van der Waals surface area contributed by atoms with Gasteiger partial charge in [0.1, 0.15) is 26.9 Å². The summed E-state index contributed by atoms with van der Waals surface area (Å²) in [6, 6.07) is 31.1. The van der Waals surface area contributed by atoms with Crippen LogP contribution in [-0.4, -0.2) is 36.2 Å². The van der Waals surface area contributed by atoms with Crippen LogP contribution in [0.2, 0.25) is 0 Å². The Labute approximate surface area is 318 Å². The van der Waals surface area contributed by atoms with Crippen LogP contribution >= 0.6 is 0 Å². The Bertz CT molecular complexity index is 3010. The summed E-state index contributed by atoms with van der Waals surface area (Å²) in [5.74, 6) is -1.36. The molecule has 7 aromatic rings. The summed E-state index contributed by atoms with van der Waals surface area (Å²) in [4.78, 5) is -1.06. The van der Waals surface area contributed by atoms with Gasteiger partial charge in [-0.05, 0) is 77.9 Å². The van der Waals surface area contributed by atoms with Gasteiger partial charge in [0.2, 0.25) is 0 Å². The summed E-state index contributed by atoms with van der Waals surface area (Å²) < 4.78 is 68.4. The molecule has 280 valence electrons. The maximum Gasteiger partial charge on any atom is 0.295 e. The first-order chi connectivity index (χ1) is 26.7. The SMILES string of the molecule is Nc1ccc(N=Nc2ccc(-c3ccc(N=Nc4ccc5c(S(=O)(=O)O)cc(N=Nc6ccc(S(=O)(=O)O)c7ccccc67)c(O)c5c4O)cc3)cc2)c(N)c1. The average molecular weight is 789 g/mol. The summed E-state index contributed by atoms with van der Waals surface area (Å²) in [7, 11) is -9.52. The number of hydrogen-bond acceptors (Lipinski definition) is 14. The lowest BCUT2D eigenvalue weighted by Gasteiger charge is -2.11. The standard InChI is InChI=1S/C38H28N8O8S2/c39-23-9-15-31(29(40)19-23)44-41-24-10-5-21(6-11-24)22-7-12-25(13-8-22)42-45-32-16-14-28-35(56(52,53)54)20-33(38(48)36(28)37(32)47)46-43-30-17-18-34(55(49,50)51)27-4-2-1-3-26(27)30/h1-20,47-48H,39-40H2,(H,49,50,51)(H,52,53,54). The highest BCUT2D eigenvalue weighted by Gasteiger charge is 2.24. The molecule has 8 N–H and O–H groups in total. The number of phenolic OH excluding ortho intramolecular Hbond substituents is 2. The first-order valence-corrected chi connectivity index (χ1v) is 19.1. The molecule has 7 rings (SSSR count). The van der Waals surface area contributed by atoms with E-state index < -0.39 is 47.7 Å². The van der Waals surface area contributed by atoms with Gasteiger partial charge in [-0.3, -0.25) is 9.11 Å². The van der Waals surface area contributed by atoms with Crippen LogP contribution < -0.4 is 11.5 Å². The highest BCUT2D eigenvalue weighted by Crippen LogP contribution is 2.47. The van der Waals surface area contributed by atoms with E-state index in [-0.39, 0.29) is 32.4 Å². The zero-order chi connectivity index (χ0) is 39.8. The fourth-order valence-electron chi connectivity index (χ4n) is 5.80. The number of aromatic hydroxyl groups is 2. The van der Waals surface area contributed by atoms with E-state index in [1.54, 1.807) is 66.7 Å². The van der Waals surface area contributed by atoms with Gasteiger partial charge in [-0.1, -0.05) is 54.6 Å². The van der Waals surface area contributed by atoms with Crippen molar-refractivity contribution >= 4 is 87.3 Å². The molecule has 0 aliphatic heterocycles. The Morgan fingerprint density at radius 2 is 0.946 bits per heavy atom. The Morgan fingerprint density at radius 1 is 0.446 bits per heavy atom. The van der Waals surface area contributed by atoms with Crippen molar-refractivity contribution in [3.05, 3.63) is 121 Å². The smallest absolute Gasteiger partial charge is 0.295 e. The van der Waals surface area contributed by atoms with Crippen molar-refractivity contribution in [2.45, 2.75) is 9.79 Å². The molecule has 0 heterocycles. The Hall–Kier alpha value is -7.12. The second-order valence-electron chi connectivity index (χ2n) is 12.2. The molecule has 0 spiro atoms. The van der Waals surface area contributed by atoms with Crippen molar-refractivity contribution in [2.75, 3.05) is 11.5 Å². The zero-order valence-corrected chi connectivity index (χ0v) is 30.3. The number of nitrogens with zero attached hydrogens (tertiary/aromatic N) is 6. The van der Waals surface area contributed by atoms with Gasteiger partial charge >= 0.3 is 0 Å². The van der Waals surface area contributed by atoms with Crippen LogP contribution in [0.3, 0.4) is 0 Å². The third kappa shape index (κ3) is 7.61. The van der Waals surface area contributed by atoms with Crippen LogP contribution in [0.15, 0.2) is 162 Å². The summed E-state index contributed by atoms with van der Waals surface area (Å²) in [5, 5.41) is 47.0. The predicted octanol–water partition coefficient (Wildman–Crippen LogP) is 9.98. The summed E-state index contributed by atoms with van der Waals surface area (Å²) in [5.41, 5.74) is 15.3. The van der Waals surface area contributed by atoms with Crippen molar-refractivity contribution in [2.24, 2.45) is 30.7 Å². The molecule has 0 unspecified atom stereocenters. The minimum Gasteiger partial charge on any atom is -0.505 e. The third-order valence-electron chi connectivity index (χ3n) is 8.52. The second kappa shape index (κ2) is 14.6. The molecule has 7 aromatic carbocycles. The topological polar surface area (TPSA) is 275 Å². The van der Waals surface area contributed by atoms with Gasteiger partial charge in [-0.25, -0.2) is 0 Å². The molecule has 0 radical (unpaired) electrons. The van der Waals surface area contributed by atoms with Crippen molar-refractivity contribution in [3.8, 4) is 22.6 Å². The van der Waals surface area contributed by atoms with E-state index in [4.69, 9.17) is 11.5 Å². The van der Waals surface area contributed by atoms with Gasteiger partial charge in [-0.2, -0.15) is 27.1 Å². The lowest BCUT2D eigenvalue weighted by Crippen LogP contribution is -1.99. The predicted molar refractivity (Wildman–Crippen MR) is 211 cm³/mol. The maximum atomic E-state index is 12.4. The van der Waals surface area contributed by atoms with E-state index in [0.717, 1.165) is 23.3 Å². The van der Waals surface area contributed by atoms with Crippen LogP contribution in [0.25, 0.3) is 32.7 Å². The molecule has 18 heteroatoms. The van der Waals surface area contributed by atoms with Crippen LogP contribution in [0, 0.1) is 0 Å². The lowest BCUT2D eigenvalue weighted by molar-refractivity contribution is 0.464. The second-order valence-corrected chi connectivity index (χ2v) is 15.0. The number of fused-ring (bicyclic) bond motifs is 2. The highest BCUT2D eigenvalue weighted by atomic mass is 32.2. The largest absolute Gasteiger partial charge is 0.505 e. The molecule has 16 nitrogen and oxygen atoms in total. The molecule has 0 aliphatic rings. The molecule has 56 heavy (non-hydrogen) atoms. The highest BCUT2D eigenvalue weighted by molar-refractivity contribution is 7.86. The van der Waals surface area contributed by atoms with E-state index in [1.807, 2.05) is 12.1 Å². The normalized spacial score (nSPS) is 12.5. The molecule has 0 bridgehead atoms. The minimum absolute atomic E-state index is 0.0959. The number of azo groups is 3. The number of benzene rings is 7. The number of rotatable bonds is 9. The number of nitrogen functional groups attached to an aromatic ring is 2. The van der Waals surface area contributed by atoms with Crippen molar-refractivity contribution < 1.29 is 36.2 Å². The average Bonchev–Trinajstić information content (AvgIpc) is 3.16. The quantitative estimate of drug-likeness (QED) is 0.0457. The van der Waals surface area contributed by atoms with Gasteiger partial charge in [0.05, 0.1) is 28.1 Å². The number of phenols is 2. The van der Waals surface area contributed by atoms with Gasteiger partial charge in [0, 0.05) is 21.8 Å². The summed E-state index contributed by atoms with van der Waals surface area (Å²) in [6.07, 6.45) is 0. The molecule has 0 atom stereocenters. The molecule has 0 saturated heterocycles. The molecular weight excluding hydrogens is 761 g/mol. The van der Waals surface area contributed by atoms with E-state index in [9.17, 15) is 36.2 Å². The first kappa shape index (κ1) is 37.2.